The van der Waals surface area contributed by atoms with Crippen molar-refractivity contribution in [2.24, 2.45) is 0 Å². The molecule has 0 saturated heterocycles. The number of sulfonamides is 1. The van der Waals surface area contributed by atoms with Crippen LogP contribution in [0.2, 0.25) is 0 Å². The van der Waals surface area contributed by atoms with Crippen LogP contribution in [0.1, 0.15) is 32.2 Å². The Balaban J connectivity index is 2.57. The molecule has 0 aliphatic rings. The van der Waals surface area contributed by atoms with Gasteiger partial charge in [-0.3, -0.25) is 4.98 Å². The summed E-state index contributed by atoms with van der Waals surface area (Å²) in [5.41, 5.74) is 3.07. The van der Waals surface area contributed by atoms with E-state index in [1.165, 1.54) is 7.05 Å². The Bertz CT molecular complexity index is 793. The maximum absolute atomic E-state index is 11.9. The third kappa shape index (κ3) is 3.34. The Morgan fingerprint density at radius 3 is 2.45 bits per heavy atom. The fraction of sp³-hybridized carbons (Fsp3) is 0.375. The van der Waals surface area contributed by atoms with Crippen molar-refractivity contribution in [3.05, 3.63) is 41.9 Å². The molecule has 1 heterocycles. The largest absolute Gasteiger partial charge is 0.257 e. The lowest BCUT2D eigenvalue weighted by atomic mass is 9.90. The molecule has 6 heteroatoms. The molecule has 5 nitrogen and oxygen atoms in total. The van der Waals surface area contributed by atoms with Crippen molar-refractivity contribution < 1.29 is 8.42 Å². The van der Waals surface area contributed by atoms with Crippen molar-refractivity contribution in [2.45, 2.75) is 38.0 Å². The molecule has 0 spiro atoms. The molecular weight excluding hydrogens is 298 g/mol. The summed E-state index contributed by atoms with van der Waals surface area (Å²) in [5.74, 6) is 0. The van der Waals surface area contributed by atoms with Gasteiger partial charge in [-0.15, -0.1) is 0 Å². The van der Waals surface area contributed by atoms with E-state index in [2.05, 4.69) is 35.5 Å². The molecule has 2 aromatic rings. The summed E-state index contributed by atoms with van der Waals surface area (Å²) in [6.07, 6.45) is 1.68. The highest BCUT2D eigenvalue weighted by Gasteiger charge is 2.20. The third-order valence-corrected chi connectivity index (χ3v) is 4.79. The van der Waals surface area contributed by atoms with Gasteiger partial charge in [0, 0.05) is 11.0 Å². The minimum absolute atomic E-state index is 0.123. The zero-order chi connectivity index (χ0) is 16.5. The van der Waals surface area contributed by atoms with E-state index in [1.807, 2.05) is 13.0 Å². The summed E-state index contributed by atoms with van der Waals surface area (Å²) < 4.78 is 26.2. The molecule has 0 fully saturated rings. The first kappa shape index (κ1) is 16.6. The van der Waals surface area contributed by atoms with Gasteiger partial charge in [-0.2, -0.15) is 0 Å². The van der Waals surface area contributed by atoms with E-state index in [-0.39, 0.29) is 10.3 Å². The Kier molecular flexibility index (Phi) is 4.35. The first-order chi connectivity index (χ1) is 10.1. The fourth-order valence-corrected chi connectivity index (χ4v) is 3.01. The summed E-state index contributed by atoms with van der Waals surface area (Å²) in [5, 5.41) is 0. The summed E-state index contributed by atoms with van der Waals surface area (Å²) in [7, 11) is -2.08. The van der Waals surface area contributed by atoms with Gasteiger partial charge in [0.1, 0.15) is 0 Å². The molecule has 0 atom stereocenters. The molecule has 0 saturated carbocycles. The second-order valence-corrected chi connectivity index (χ2v) is 8.06. The number of benzene rings is 1. The van der Waals surface area contributed by atoms with Crippen LogP contribution in [-0.2, 0) is 15.4 Å². The average molecular weight is 319 g/mol. The smallest absolute Gasteiger partial charge is 0.240 e. The zero-order valence-corrected chi connectivity index (χ0v) is 14.3. The predicted octanol–water partition coefficient (Wildman–Crippen LogP) is 2.66. The molecule has 2 rings (SSSR count). The molecule has 1 N–H and O–H groups in total. The third-order valence-electron chi connectivity index (χ3n) is 3.37. The van der Waals surface area contributed by atoms with E-state index in [0.717, 1.165) is 17.0 Å². The maximum Gasteiger partial charge on any atom is 0.240 e. The first-order valence-electron chi connectivity index (χ1n) is 7.03. The van der Waals surface area contributed by atoms with Gasteiger partial charge in [0.2, 0.25) is 10.0 Å². The van der Waals surface area contributed by atoms with Gasteiger partial charge in [0.05, 0.1) is 28.2 Å². The zero-order valence-electron chi connectivity index (χ0n) is 13.5. The molecule has 1 aromatic heterocycles. The van der Waals surface area contributed by atoms with Crippen LogP contribution < -0.4 is 4.72 Å². The highest BCUT2D eigenvalue weighted by atomic mass is 32.2. The lowest BCUT2D eigenvalue weighted by Crippen LogP contribution is -2.18. The standard InChI is InChI=1S/C16H21N3O2S/c1-11-15(16(2,3)4)19-14(10-18-11)12-7-6-8-13(9-12)22(20,21)17-5/h6-10,17H,1-5H3. The molecule has 0 amide bonds. The van der Waals surface area contributed by atoms with Gasteiger partial charge in [-0.1, -0.05) is 32.9 Å². The van der Waals surface area contributed by atoms with E-state index in [9.17, 15) is 8.42 Å². The number of hydrogen-bond donors (Lipinski definition) is 1. The van der Waals surface area contributed by atoms with Crippen LogP contribution in [0.15, 0.2) is 35.4 Å². The molecule has 0 aliphatic heterocycles. The Labute approximate surface area is 131 Å². The lowest BCUT2D eigenvalue weighted by molar-refractivity contribution is 0.560. The summed E-state index contributed by atoms with van der Waals surface area (Å²) >= 11 is 0. The topological polar surface area (TPSA) is 72.0 Å². The van der Waals surface area contributed by atoms with Crippen LogP contribution in [0, 0.1) is 6.92 Å². The highest BCUT2D eigenvalue weighted by molar-refractivity contribution is 7.89. The van der Waals surface area contributed by atoms with Crippen LogP contribution in [-0.4, -0.2) is 25.4 Å². The van der Waals surface area contributed by atoms with Crippen LogP contribution in [0.4, 0.5) is 0 Å². The molecule has 22 heavy (non-hydrogen) atoms. The van der Waals surface area contributed by atoms with Crippen molar-refractivity contribution in [3.8, 4) is 11.3 Å². The van der Waals surface area contributed by atoms with Crippen LogP contribution >= 0.6 is 0 Å². The van der Waals surface area contributed by atoms with Crippen molar-refractivity contribution >= 4 is 10.0 Å². The fourth-order valence-electron chi connectivity index (χ4n) is 2.24. The van der Waals surface area contributed by atoms with Crippen LogP contribution in [0.5, 0.6) is 0 Å². The molecule has 0 radical (unpaired) electrons. The molecule has 0 bridgehead atoms. The molecule has 118 valence electrons. The number of nitrogens with one attached hydrogen (secondary N) is 1. The molecular formula is C16H21N3O2S. The van der Waals surface area contributed by atoms with E-state index in [4.69, 9.17) is 0 Å². The Hall–Kier alpha value is -1.79. The summed E-state index contributed by atoms with van der Waals surface area (Å²) in [6.45, 7) is 8.17. The summed E-state index contributed by atoms with van der Waals surface area (Å²) in [6, 6.07) is 6.71. The number of aromatic nitrogens is 2. The van der Waals surface area contributed by atoms with E-state index in [1.54, 1.807) is 24.4 Å². The van der Waals surface area contributed by atoms with Crippen molar-refractivity contribution in [3.63, 3.8) is 0 Å². The first-order valence-corrected chi connectivity index (χ1v) is 8.51. The second-order valence-electron chi connectivity index (χ2n) is 6.17. The maximum atomic E-state index is 11.9. The van der Waals surface area contributed by atoms with Gasteiger partial charge in [-0.25, -0.2) is 18.1 Å². The quantitative estimate of drug-likeness (QED) is 0.944. The van der Waals surface area contributed by atoms with Gasteiger partial charge in [0.15, 0.2) is 0 Å². The van der Waals surface area contributed by atoms with Crippen LogP contribution in [0.25, 0.3) is 11.3 Å². The minimum Gasteiger partial charge on any atom is -0.257 e. The minimum atomic E-state index is -3.47. The van der Waals surface area contributed by atoms with E-state index < -0.39 is 10.0 Å². The highest BCUT2D eigenvalue weighted by Crippen LogP contribution is 2.26. The van der Waals surface area contributed by atoms with Gasteiger partial charge < -0.3 is 0 Å². The van der Waals surface area contributed by atoms with Gasteiger partial charge >= 0.3 is 0 Å². The SMILES string of the molecule is CNS(=O)(=O)c1cccc(-c2cnc(C)c(C(C)(C)C)n2)c1. The average Bonchev–Trinajstić information content (AvgIpc) is 2.46. The Morgan fingerprint density at radius 1 is 1.18 bits per heavy atom. The molecule has 0 aliphatic carbocycles. The van der Waals surface area contributed by atoms with E-state index >= 15 is 0 Å². The number of hydrogen-bond acceptors (Lipinski definition) is 4. The summed E-state index contributed by atoms with van der Waals surface area (Å²) in [4.78, 5) is 9.31. The predicted molar refractivity (Wildman–Crippen MR) is 87.2 cm³/mol. The van der Waals surface area contributed by atoms with Gasteiger partial charge in [-0.05, 0) is 26.1 Å². The Morgan fingerprint density at radius 2 is 1.86 bits per heavy atom. The second kappa shape index (κ2) is 5.78. The van der Waals surface area contributed by atoms with Crippen molar-refractivity contribution in [2.75, 3.05) is 7.05 Å². The molecule has 0 unspecified atom stereocenters. The van der Waals surface area contributed by atoms with Crippen molar-refractivity contribution in [1.82, 2.24) is 14.7 Å². The van der Waals surface area contributed by atoms with E-state index in [0.29, 0.717) is 5.69 Å². The normalized spacial score (nSPS) is 12.4. The number of rotatable bonds is 3. The van der Waals surface area contributed by atoms with Gasteiger partial charge in [0.25, 0.3) is 0 Å². The number of nitrogens with zero attached hydrogens (tertiary/aromatic N) is 2. The van der Waals surface area contributed by atoms with Crippen molar-refractivity contribution in [1.29, 1.82) is 0 Å². The van der Waals surface area contributed by atoms with Crippen LogP contribution in [0.3, 0.4) is 0 Å². The molecule has 1 aromatic carbocycles. The number of aryl methyl sites for hydroxylation is 1. The monoisotopic (exact) mass is 319 g/mol. The lowest BCUT2D eigenvalue weighted by Gasteiger charge is -2.20.